The standard InChI is InChI=1S/C13H21N.C5H5.5CH3.2ClH.Ti/c1-9(2)11-7-6-8-12(10(3)4)13(11)14-5;1-2-4-5-3-1;;;;;;;;/h6-10,14H,1-5H3;1-3H,4H2;5*1H3;2*1H;/q;6*-1;;;. The zero-order valence-electron chi connectivity index (χ0n) is 19.1. The van der Waals surface area contributed by atoms with Gasteiger partial charge in [-0.1, -0.05) is 45.9 Å². The van der Waals surface area contributed by atoms with Crippen LogP contribution >= 0.6 is 24.8 Å². The van der Waals surface area contributed by atoms with E-state index >= 15 is 0 Å². The fourth-order valence-corrected chi connectivity index (χ4v) is 2.18. The molecule has 1 aromatic carbocycles. The van der Waals surface area contributed by atoms with Crippen molar-refractivity contribution in [2.24, 2.45) is 0 Å². The van der Waals surface area contributed by atoms with Crippen molar-refractivity contribution in [3.8, 4) is 0 Å². The number of nitrogens with one attached hydrogen (secondary N) is 1. The van der Waals surface area contributed by atoms with Crippen molar-refractivity contribution >= 4 is 30.5 Å². The summed E-state index contributed by atoms with van der Waals surface area (Å²) in [7, 11) is 2.01. The van der Waals surface area contributed by atoms with Crippen LogP contribution in [0.4, 0.5) is 5.69 Å². The Morgan fingerprint density at radius 1 is 0.852 bits per heavy atom. The summed E-state index contributed by atoms with van der Waals surface area (Å²) in [6, 6.07) is 6.58. The molecule has 1 N–H and O–H groups in total. The van der Waals surface area contributed by atoms with Crippen molar-refractivity contribution in [3.05, 3.63) is 90.8 Å². The van der Waals surface area contributed by atoms with Crippen molar-refractivity contribution in [2.45, 2.75) is 46.0 Å². The van der Waals surface area contributed by atoms with Crippen LogP contribution in [-0.4, -0.2) is 7.05 Å². The Bertz CT molecular complexity index is 419. The molecule has 0 radical (unpaired) electrons. The van der Waals surface area contributed by atoms with Crippen molar-refractivity contribution in [3.63, 3.8) is 0 Å². The van der Waals surface area contributed by atoms with Crippen molar-refractivity contribution in [1.29, 1.82) is 0 Å². The van der Waals surface area contributed by atoms with Crippen LogP contribution in [0.2, 0.25) is 0 Å². The Morgan fingerprint density at radius 3 is 1.44 bits per heavy atom. The molecule has 27 heavy (non-hydrogen) atoms. The number of hydrogen-bond donors (Lipinski definition) is 1. The molecule has 0 saturated heterocycles. The fourth-order valence-electron chi connectivity index (χ4n) is 2.18. The molecule has 0 heterocycles. The van der Waals surface area contributed by atoms with Gasteiger partial charge in [-0.15, -0.1) is 31.2 Å². The van der Waals surface area contributed by atoms with Crippen LogP contribution in [0.25, 0.3) is 0 Å². The summed E-state index contributed by atoms with van der Waals surface area (Å²) in [6.07, 6.45) is 10.0. The molecule has 0 spiro atoms. The predicted molar refractivity (Wildman–Crippen MR) is 132 cm³/mol. The largest absolute Gasteiger partial charge is 0.388 e. The average Bonchev–Trinajstić information content (AvgIpc) is 2.96. The van der Waals surface area contributed by atoms with Crippen LogP contribution in [0.15, 0.2) is 36.4 Å². The van der Waals surface area contributed by atoms with Gasteiger partial charge in [0.15, 0.2) is 0 Å². The van der Waals surface area contributed by atoms with E-state index in [2.05, 4.69) is 63.4 Å². The van der Waals surface area contributed by atoms with Crippen LogP contribution in [0, 0.1) is 43.2 Å². The van der Waals surface area contributed by atoms with Gasteiger partial charge in [-0.05, 0) is 23.0 Å². The van der Waals surface area contributed by atoms with Gasteiger partial charge < -0.3 is 42.5 Å². The number of halogens is 2. The van der Waals surface area contributed by atoms with E-state index in [0.29, 0.717) is 11.8 Å². The van der Waals surface area contributed by atoms with Gasteiger partial charge in [-0.25, -0.2) is 12.2 Å². The van der Waals surface area contributed by atoms with Gasteiger partial charge in [0.2, 0.25) is 0 Å². The topological polar surface area (TPSA) is 12.0 Å². The van der Waals surface area contributed by atoms with Gasteiger partial charge in [0, 0.05) is 34.5 Å². The maximum Gasteiger partial charge on any atom is 0.0407 e. The minimum absolute atomic E-state index is 0. The maximum absolute atomic E-state index is 3.33. The molecule has 164 valence electrons. The first-order valence-corrected chi connectivity index (χ1v) is 7.10. The number of hydrogen-bond acceptors (Lipinski definition) is 1. The van der Waals surface area contributed by atoms with E-state index in [1.807, 2.05) is 19.2 Å². The number of benzene rings is 1. The van der Waals surface area contributed by atoms with Gasteiger partial charge in [0.1, 0.15) is 0 Å². The van der Waals surface area contributed by atoms with E-state index in [4.69, 9.17) is 0 Å². The predicted octanol–water partition coefficient (Wildman–Crippen LogP) is 8.37. The molecular weight excluding hydrogens is 409 g/mol. The zero-order valence-corrected chi connectivity index (χ0v) is 22.3. The smallest absolute Gasteiger partial charge is 0.0407 e. The van der Waals surface area contributed by atoms with E-state index in [0.717, 1.165) is 6.42 Å². The number of rotatable bonds is 3. The second-order valence-corrected chi connectivity index (χ2v) is 5.37. The first kappa shape index (κ1) is 50.5. The number of para-hydroxylation sites is 1. The second-order valence-electron chi connectivity index (χ2n) is 5.37. The van der Waals surface area contributed by atoms with Gasteiger partial charge >= 0.3 is 0 Å². The van der Waals surface area contributed by atoms with Crippen LogP contribution in [0.5, 0.6) is 0 Å². The molecule has 0 amide bonds. The monoisotopic (exact) mass is 451 g/mol. The van der Waals surface area contributed by atoms with Gasteiger partial charge in [-0.3, -0.25) is 6.08 Å². The number of allylic oxidation sites excluding steroid dienone is 4. The van der Waals surface area contributed by atoms with E-state index in [1.165, 1.54) is 16.8 Å². The summed E-state index contributed by atoms with van der Waals surface area (Å²) < 4.78 is 0. The molecular formula is C23H43Cl2NTi-6. The third-order valence-corrected chi connectivity index (χ3v) is 3.21. The van der Waals surface area contributed by atoms with E-state index in [-0.39, 0.29) is 83.7 Å². The Kier molecular flexibility index (Phi) is 52.4. The second kappa shape index (κ2) is 28.0. The zero-order chi connectivity index (χ0) is 14.3. The van der Waals surface area contributed by atoms with Crippen LogP contribution in [0.1, 0.15) is 57.1 Å². The van der Waals surface area contributed by atoms with Crippen LogP contribution in [-0.2, 0) is 21.7 Å². The first-order valence-electron chi connectivity index (χ1n) is 7.10. The molecule has 0 fully saturated rings. The van der Waals surface area contributed by atoms with Crippen molar-refractivity contribution in [1.82, 2.24) is 0 Å². The molecule has 1 nitrogen and oxygen atoms in total. The molecule has 1 aromatic rings. The maximum atomic E-state index is 3.33. The fraction of sp³-hybridized carbons (Fsp3) is 0.348. The van der Waals surface area contributed by atoms with Crippen LogP contribution in [0.3, 0.4) is 0 Å². The summed E-state index contributed by atoms with van der Waals surface area (Å²) in [5.41, 5.74) is 4.15. The molecule has 0 unspecified atom stereocenters. The molecule has 0 aliphatic heterocycles. The molecule has 1 aliphatic carbocycles. The summed E-state index contributed by atoms with van der Waals surface area (Å²) in [6.45, 7) is 8.95. The first-order chi connectivity index (χ1) is 9.07. The van der Waals surface area contributed by atoms with E-state index in [1.54, 1.807) is 0 Å². The molecule has 4 heteroatoms. The summed E-state index contributed by atoms with van der Waals surface area (Å²) in [5.74, 6) is 1.16. The summed E-state index contributed by atoms with van der Waals surface area (Å²) >= 11 is 0. The Morgan fingerprint density at radius 2 is 1.26 bits per heavy atom. The third-order valence-electron chi connectivity index (χ3n) is 3.21. The SMILES string of the molecule is CNc1c(C(C)C)cccc1C(C)C.Cl.Cl.[C-]1=CC=CC1.[CH3-].[CH3-].[CH3-].[CH3-].[CH3-].[Ti]. The quantitative estimate of drug-likeness (QED) is 0.359. The summed E-state index contributed by atoms with van der Waals surface area (Å²) in [4.78, 5) is 0. The van der Waals surface area contributed by atoms with Crippen molar-refractivity contribution in [2.75, 3.05) is 12.4 Å². The molecule has 2 rings (SSSR count). The van der Waals surface area contributed by atoms with Crippen LogP contribution < -0.4 is 5.32 Å². The van der Waals surface area contributed by atoms with E-state index in [9.17, 15) is 0 Å². The average molecular weight is 452 g/mol. The molecule has 0 saturated carbocycles. The minimum atomic E-state index is 0. The normalized spacial score (nSPS) is 9.00. The van der Waals surface area contributed by atoms with E-state index < -0.39 is 0 Å². The Labute approximate surface area is 200 Å². The molecule has 0 bridgehead atoms. The Balaban J connectivity index is -0.0000000413. The molecule has 0 aromatic heterocycles. The molecule has 1 aliphatic rings. The minimum Gasteiger partial charge on any atom is -0.388 e. The summed E-state index contributed by atoms with van der Waals surface area (Å²) in [5, 5.41) is 3.33. The number of anilines is 1. The Hall–Kier alpha value is -0.206. The molecule has 0 atom stereocenters. The van der Waals surface area contributed by atoms with Gasteiger partial charge in [0.25, 0.3) is 0 Å². The van der Waals surface area contributed by atoms with Gasteiger partial charge in [0.05, 0.1) is 0 Å². The third kappa shape index (κ3) is 17.6. The van der Waals surface area contributed by atoms with Gasteiger partial charge in [-0.2, -0.15) is 6.08 Å². The van der Waals surface area contributed by atoms with Crippen molar-refractivity contribution < 1.29 is 21.7 Å².